The lowest BCUT2D eigenvalue weighted by Gasteiger charge is -2.28. The van der Waals surface area contributed by atoms with Gasteiger partial charge in [-0.3, -0.25) is 0 Å². The van der Waals surface area contributed by atoms with Gasteiger partial charge in [-0.25, -0.2) is 0 Å². The van der Waals surface area contributed by atoms with Crippen LogP contribution in [0.1, 0.15) is 90.4 Å². The fourth-order valence-corrected chi connectivity index (χ4v) is 4.30. The van der Waals surface area contributed by atoms with E-state index in [-0.39, 0.29) is 12.2 Å². The summed E-state index contributed by atoms with van der Waals surface area (Å²) in [5.74, 6) is 0.952. The molecule has 0 aromatic rings. The summed E-state index contributed by atoms with van der Waals surface area (Å²) in [5.41, 5.74) is 1.62. The average Bonchev–Trinajstić information content (AvgIpc) is 2.53. The highest BCUT2D eigenvalue weighted by Crippen LogP contribution is 2.31. The third kappa shape index (κ3) is 6.04. The maximum Gasteiger partial charge on any atom is 0.0568 e. The van der Waals surface area contributed by atoms with E-state index in [2.05, 4.69) is 6.08 Å². The Hall–Kier alpha value is -0.340. The lowest BCUT2D eigenvalue weighted by molar-refractivity contribution is 0.0600. The lowest BCUT2D eigenvalue weighted by Crippen LogP contribution is -2.25. The van der Waals surface area contributed by atoms with Gasteiger partial charge in [0.25, 0.3) is 0 Å². The van der Waals surface area contributed by atoms with Crippen molar-refractivity contribution in [3.8, 4) is 0 Å². The third-order valence-electron chi connectivity index (χ3n) is 5.92. The van der Waals surface area contributed by atoms with Gasteiger partial charge >= 0.3 is 0 Å². The van der Waals surface area contributed by atoms with E-state index in [0.29, 0.717) is 11.8 Å². The number of aliphatic hydroxyl groups is 2. The maximum atomic E-state index is 10.1. The van der Waals surface area contributed by atoms with Crippen LogP contribution in [-0.2, 0) is 0 Å². The summed E-state index contributed by atoms with van der Waals surface area (Å²) in [6.07, 6.45) is 17.8. The molecule has 0 saturated heterocycles. The molecule has 2 N–H and O–H groups in total. The van der Waals surface area contributed by atoms with Crippen molar-refractivity contribution < 1.29 is 10.2 Å². The van der Waals surface area contributed by atoms with Crippen LogP contribution < -0.4 is 0 Å². The van der Waals surface area contributed by atoms with Gasteiger partial charge in [-0.15, -0.1) is 0 Å². The van der Waals surface area contributed by atoms with Gasteiger partial charge in [-0.05, 0) is 83.0 Å². The van der Waals surface area contributed by atoms with Gasteiger partial charge in [-0.2, -0.15) is 0 Å². The van der Waals surface area contributed by atoms with Crippen LogP contribution in [0.15, 0.2) is 11.6 Å². The molecule has 1 saturated carbocycles. The standard InChI is InChI=1S/C20H36O2/c1-16(21)18(15-14-17-8-3-2-4-9-17)11-7-12-19-10-5-6-13-20(19)22/h8,16,18-22H,2-7,9-15H2,1H3. The normalized spacial score (nSPS) is 29.0. The van der Waals surface area contributed by atoms with Crippen LogP contribution in [0.5, 0.6) is 0 Å². The van der Waals surface area contributed by atoms with E-state index in [1.54, 1.807) is 5.57 Å². The van der Waals surface area contributed by atoms with E-state index in [0.717, 1.165) is 32.1 Å². The molecule has 4 atom stereocenters. The van der Waals surface area contributed by atoms with Crippen LogP contribution >= 0.6 is 0 Å². The smallest absolute Gasteiger partial charge is 0.0568 e. The van der Waals surface area contributed by atoms with E-state index in [4.69, 9.17) is 0 Å². The molecule has 0 aromatic heterocycles. The fourth-order valence-electron chi connectivity index (χ4n) is 4.30. The summed E-state index contributed by atoms with van der Waals surface area (Å²) >= 11 is 0. The molecule has 128 valence electrons. The fraction of sp³-hybridized carbons (Fsp3) is 0.900. The van der Waals surface area contributed by atoms with Crippen LogP contribution in [0.2, 0.25) is 0 Å². The molecule has 2 heteroatoms. The van der Waals surface area contributed by atoms with Gasteiger partial charge in [0.1, 0.15) is 0 Å². The highest BCUT2D eigenvalue weighted by Gasteiger charge is 2.23. The Bertz CT molecular complexity index is 335. The SMILES string of the molecule is CC(O)C(CCCC1CCCCC1O)CCC1=CCCCC1. The van der Waals surface area contributed by atoms with Gasteiger partial charge in [0, 0.05) is 0 Å². The Labute approximate surface area is 137 Å². The Morgan fingerprint density at radius 1 is 1.14 bits per heavy atom. The number of hydrogen-bond donors (Lipinski definition) is 2. The first kappa shape index (κ1) is 18.0. The largest absolute Gasteiger partial charge is 0.393 e. The van der Waals surface area contributed by atoms with Crippen molar-refractivity contribution in [2.24, 2.45) is 11.8 Å². The molecular weight excluding hydrogens is 272 g/mol. The van der Waals surface area contributed by atoms with Gasteiger partial charge in [0.05, 0.1) is 12.2 Å². The van der Waals surface area contributed by atoms with Crippen molar-refractivity contribution in [2.45, 2.75) is 103 Å². The van der Waals surface area contributed by atoms with Gasteiger partial charge in [0.15, 0.2) is 0 Å². The molecule has 1 fully saturated rings. The molecule has 2 nitrogen and oxygen atoms in total. The third-order valence-corrected chi connectivity index (χ3v) is 5.92. The van der Waals surface area contributed by atoms with Crippen molar-refractivity contribution in [3.63, 3.8) is 0 Å². The Morgan fingerprint density at radius 2 is 1.95 bits per heavy atom. The van der Waals surface area contributed by atoms with E-state index in [9.17, 15) is 10.2 Å². The summed E-state index contributed by atoms with van der Waals surface area (Å²) < 4.78 is 0. The van der Waals surface area contributed by atoms with Gasteiger partial charge < -0.3 is 10.2 Å². The first-order chi connectivity index (χ1) is 10.7. The van der Waals surface area contributed by atoms with Crippen molar-refractivity contribution in [1.82, 2.24) is 0 Å². The quantitative estimate of drug-likeness (QED) is 0.620. The highest BCUT2D eigenvalue weighted by molar-refractivity contribution is 5.05. The predicted molar refractivity (Wildman–Crippen MR) is 92.8 cm³/mol. The Balaban J connectivity index is 1.68. The molecule has 0 aliphatic heterocycles. The number of hydrogen-bond acceptors (Lipinski definition) is 2. The summed E-state index contributed by atoms with van der Waals surface area (Å²) in [6.45, 7) is 1.95. The molecule has 2 aliphatic rings. The molecule has 0 aromatic carbocycles. The van der Waals surface area contributed by atoms with E-state index < -0.39 is 0 Å². The minimum absolute atomic E-state index is 0.0638. The zero-order chi connectivity index (χ0) is 15.8. The second-order valence-electron chi connectivity index (χ2n) is 7.69. The zero-order valence-corrected chi connectivity index (χ0v) is 14.5. The molecule has 2 aliphatic carbocycles. The van der Waals surface area contributed by atoms with Crippen LogP contribution in [-0.4, -0.2) is 22.4 Å². The van der Waals surface area contributed by atoms with Gasteiger partial charge in [-0.1, -0.05) is 30.9 Å². The minimum atomic E-state index is -0.194. The maximum absolute atomic E-state index is 10.1. The summed E-state index contributed by atoms with van der Waals surface area (Å²) in [6, 6.07) is 0. The van der Waals surface area contributed by atoms with Crippen LogP contribution in [0.3, 0.4) is 0 Å². The molecule has 0 radical (unpaired) electrons. The summed E-state index contributed by atoms with van der Waals surface area (Å²) in [4.78, 5) is 0. The molecule has 0 amide bonds. The first-order valence-corrected chi connectivity index (χ1v) is 9.71. The van der Waals surface area contributed by atoms with Crippen molar-refractivity contribution in [3.05, 3.63) is 11.6 Å². The molecule has 0 heterocycles. The molecule has 4 unspecified atom stereocenters. The number of rotatable bonds is 8. The van der Waals surface area contributed by atoms with Crippen molar-refractivity contribution in [1.29, 1.82) is 0 Å². The molecular formula is C20H36O2. The van der Waals surface area contributed by atoms with E-state index in [1.165, 1.54) is 51.4 Å². The zero-order valence-electron chi connectivity index (χ0n) is 14.5. The van der Waals surface area contributed by atoms with Gasteiger partial charge in [0.2, 0.25) is 0 Å². The second kappa shape index (κ2) is 9.72. The van der Waals surface area contributed by atoms with Crippen molar-refractivity contribution >= 4 is 0 Å². The predicted octanol–water partition coefficient (Wildman–Crippen LogP) is 4.99. The van der Waals surface area contributed by atoms with Crippen LogP contribution in [0.4, 0.5) is 0 Å². The Morgan fingerprint density at radius 3 is 2.64 bits per heavy atom. The monoisotopic (exact) mass is 308 g/mol. The number of aliphatic hydroxyl groups excluding tert-OH is 2. The van der Waals surface area contributed by atoms with E-state index in [1.807, 2.05) is 6.92 Å². The molecule has 0 spiro atoms. The minimum Gasteiger partial charge on any atom is -0.393 e. The van der Waals surface area contributed by atoms with Crippen molar-refractivity contribution in [2.75, 3.05) is 0 Å². The second-order valence-corrected chi connectivity index (χ2v) is 7.69. The van der Waals surface area contributed by atoms with Crippen LogP contribution in [0, 0.1) is 11.8 Å². The molecule has 22 heavy (non-hydrogen) atoms. The van der Waals surface area contributed by atoms with E-state index >= 15 is 0 Å². The topological polar surface area (TPSA) is 40.5 Å². The highest BCUT2D eigenvalue weighted by atomic mass is 16.3. The average molecular weight is 309 g/mol. The summed E-state index contributed by atoms with van der Waals surface area (Å²) in [7, 11) is 0. The number of allylic oxidation sites excluding steroid dienone is 2. The lowest BCUT2D eigenvalue weighted by atomic mass is 9.81. The molecule has 0 bridgehead atoms. The molecule has 2 rings (SSSR count). The Kier molecular flexibility index (Phi) is 7.96. The van der Waals surface area contributed by atoms with Crippen LogP contribution in [0.25, 0.3) is 0 Å². The first-order valence-electron chi connectivity index (χ1n) is 9.71. The summed E-state index contributed by atoms with van der Waals surface area (Å²) in [5, 5.41) is 20.1.